The number of aryl methyl sites for hydroxylation is 1. The molecule has 1 heterocycles. The summed E-state index contributed by atoms with van der Waals surface area (Å²) in [6, 6.07) is 8.15. The number of hydrogen-bond acceptors (Lipinski definition) is 4. The largest absolute Gasteiger partial charge is 0.462 e. The zero-order valence-electron chi connectivity index (χ0n) is 16.0. The molecule has 3 rings (SSSR count). The van der Waals surface area contributed by atoms with Gasteiger partial charge in [-0.2, -0.15) is 0 Å². The zero-order valence-corrected chi connectivity index (χ0v) is 16.8. The van der Waals surface area contributed by atoms with Gasteiger partial charge in [-0.25, -0.2) is 4.79 Å². The summed E-state index contributed by atoms with van der Waals surface area (Å²) < 4.78 is 5.19. The number of benzene rings is 1. The monoisotopic (exact) mass is 383 g/mol. The van der Waals surface area contributed by atoms with Gasteiger partial charge in [0, 0.05) is 11.0 Å². The number of carbonyl (C=O) groups is 2. The van der Waals surface area contributed by atoms with Gasteiger partial charge < -0.3 is 10.1 Å². The van der Waals surface area contributed by atoms with Gasteiger partial charge in [0.2, 0.25) is 5.91 Å². The average Bonchev–Trinajstić information content (AvgIpc) is 3.21. The molecule has 1 amide bonds. The minimum atomic E-state index is -0.347. The highest BCUT2D eigenvalue weighted by atomic mass is 32.1. The van der Waals surface area contributed by atoms with E-state index in [9.17, 15) is 9.59 Å². The van der Waals surface area contributed by atoms with Gasteiger partial charge in [0.25, 0.3) is 0 Å². The van der Waals surface area contributed by atoms with Crippen molar-refractivity contribution in [3.8, 4) is 0 Å². The lowest BCUT2D eigenvalue weighted by Crippen LogP contribution is -2.13. The summed E-state index contributed by atoms with van der Waals surface area (Å²) >= 11 is 1.49. The molecule has 0 saturated heterocycles. The predicted octanol–water partition coefficient (Wildman–Crippen LogP) is 5.19. The number of thiophene rings is 1. The topological polar surface area (TPSA) is 55.4 Å². The second-order valence-corrected chi connectivity index (χ2v) is 8.03. The Morgan fingerprint density at radius 2 is 1.96 bits per heavy atom. The normalized spacial score (nSPS) is 13.2. The summed E-state index contributed by atoms with van der Waals surface area (Å²) in [5.41, 5.74) is 3.82. The van der Waals surface area contributed by atoms with E-state index >= 15 is 0 Å². The van der Waals surface area contributed by atoms with E-state index in [1.165, 1.54) is 27.9 Å². The van der Waals surface area contributed by atoms with Crippen molar-refractivity contribution in [2.24, 2.45) is 0 Å². The van der Waals surface area contributed by atoms with Crippen LogP contribution in [-0.4, -0.2) is 18.5 Å². The van der Waals surface area contributed by atoms with E-state index in [-0.39, 0.29) is 11.9 Å². The number of amides is 1. The SMILES string of the molecule is CCOC(=O)c1c(NC(=O)C=Cc2ccc(C(C)C)cc2)sc2c1CCC2. The molecule has 0 atom stereocenters. The van der Waals surface area contributed by atoms with Crippen LogP contribution in [0.15, 0.2) is 30.3 Å². The van der Waals surface area contributed by atoms with E-state index in [1.807, 2.05) is 12.1 Å². The van der Waals surface area contributed by atoms with E-state index < -0.39 is 0 Å². The number of anilines is 1. The fourth-order valence-corrected chi connectivity index (χ4v) is 4.51. The van der Waals surface area contributed by atoms with Crippen molar-refractivity contribution in [1.82, 2.24) is 0 Å². The minimum absolute atomic E-state index is 0.242. The van der Waals surface area contributed by atoms with Gasteiger partial charge in [0.05, 0.1) is 12.2 Å². The van der Waals surface area contributed by atoms with Crippen molar-refractivity contribution in [2.75, 3.05) is 11.9 Å². The van der Waals surface area contributed by atoms with E-state index in [2.05, 4.69) is 31.3 Å². The molecule has 1 aromatic carbocycles. The van der Waals surface area contributed by atoms with Crippen molar-refractivity contribution in [1.29, 1.82) is 0 Å². The average molecular weight is 384 g/mol. The molecule has 4 nitrogen and oxygen atoms in total. The minimum Gasteiger partial charge on any atom is -0.462 e. The third-order valence-corrected chi connectivity index (χ3v) is 5.88. The first-order valence-electron chi connectivity index (χ1n) is 9.40. The van der Waals surface area contributed by atoms with Crippen LogP contribution in [0.3, 0.4) is 0 Å². The van der Waals surface area contributed by atoms with Crippen molar-refractivity contribution in [2.45, 2.75) is 46.0 Å². The van der Waals surface area contributed by atoms with Crippen LogP contribution in [0.1, 0.15) is 65.0 Å². The van der Waals surface area contributed by atoms with Gasteiger partial charge in [0.1, 0.15) is 5.00 Å². The molecular weight excluding hydrogens is 358 g/mol. The highest BCUT2D eigenvalue weighted by molar-refractivity contribution is 7.17. The number of ether oxygens (including phenoxy) is 1. The first-order chi connectivity index (χ1) is 13.0. The lowest BCUT2D eigenvalue weighted by molar-refractivity contribution is -0.111. The lowest BCUT2D eigenvalue weighted by Gasteiger charge is -2.07. The van der Waals surface area contributed by atoms with Gasteiger partial charge in [-0.05, 0) is 54.9 Å². The highest BCUT2D eigenvalue weighted by Crippen LogP contribution is 2.39. The summed E-state index contributed by atoms with van der Waals surface area (Å²) in [7, 11) is 0. The predicted molar refractivity (Wildman–Crippen MR) is 110 cm³/mol. The Morgan fingerprint density at radius 3 is 2.63 bits per heavy atom. The van der Waals surface area contributed by atoms with Crippen LogP contribution < -0.4 is 5.32 Å². The third kappa shape index (κ3) is 4.48. The molecule has 27 heavy (non-hydrogen) atoms. The Morgan fingerprint density at radius 1 is 1.22 bits per heavy atom. The number of hydrogen-bond donors (Lipinski definition) is 1. The zero-order chi connectivity index (χ0) is 19.4. The molecule has 5 heteroatoms. The summed E-state index contributed by atoms with van der Waals surface area (Å²) in [6.45, 7) is 6.41. The Kier molecular flexibility index (Phi) is 6.11. The molecule has 0 bridgehead atoms. The maximum atomic E-state index is 12.4. The molecule has 1 aliphatic carbocycles. The molecule has 1 N–H and O–H groups in total. The third-order valence-electron chi connectivity index (χ3n) is 4.67. The van der Waals surface area contributed by atoms with Gasteiger partial charge in [0.15, 0.2) is 0 Å². The molecule has 0 fully saturated rings. The Labute approximate surface area is 164 Å². The summed E-state index contributed by atoms with van der Waals surface area (Å²) in [5, 5.41) is 3.47. The molecule has 0 unspecified atom stereocenters. The number of carbonyl (C=O) groups excluding carboxylic acids is 2. The Hall–Kier alpha value is -2.40. The fraction of sp³-hybridized carbons (Fsp3) is 0.364. The molecule has 1 aromatic heterocycles. The standard InChI is InChI=1S/C22H25NO3S/c1-4-26-22(25)20-17-6-5-7-18(17)27-21(20)23-19(24)13-10-15-8-11-16(12-9-15)14(2)3/h8-14H,4-7H2,1-3H3,(H,23,24). The van der Waals surface area contributed by atoms with Crippen LogP contribution in [0.4, 0.5) is 5.00 Å². The fourth-order valence-electron chi connectivity index (χ4n) is 3.23. The summed E-state index contributed by atoms with van der Waals surface area (Å²) in [6.07, 6.45) is 6.16. The number of fused-ring (bicyclic) bond motifs is 1. The first kappa shape index (κ1) is 19.4. The lowest BCUT2D eigenvalue weighted by atomic mass is 10.0. The van der Waals surface area contributed by atoms with Crippen LogP contribution in [0, 0.1) is 0 Å². The van der Waals surface area contributed by atoms with Gasteiger partial charge in [-0.3, -0.25) is 4.79 Å². The summed E-state index contributed by atoms with van der Waals surface area (Å²) in [5.74, 6) is -0.109. The molecule has 142 valence electrons. The molecule has 0 saturated carbocycles. The molecule has 0 spiro atoms. The molecule has 0 aliphatic heterocycles. The second-order valence-electron chi connectivity index (χ2n) is 6.93. The molecule has 1 aliphatic rings. The van der Waals surface area contributed by atoms with E-state index in [4.69, 9.17) is 4.74 Å². The number of esters is 1. The molecule has 0 radical (unpaired) electrons. The van der Waals surface area contributed by atoms with Crippen LogP contribution >= 0.6 is 11.3 Å². The first-order valence-corrected chi connectivity index (χ1v) is 10.2. The number of rotatable bonds is 6. The maximum absolute atomic E-state index is 12.4. The van der Waals surface area contributed by atoms with Gasteiger partial charge in [-0.15, -0.1) is 11.3 Å². The second kappa shape index (κ2) is 8.53. The van der Waals surface area contributed by atoms with Gasteiger partial charge >= 0.3 is 5.97 Å². The van der Waals surface area contributed by atoms with Crippen molar-refractivity contribution in [3.05, 3.63) is 57.5 Å². The van der Waals surface area contributed by atoms with E-state index in [0.717, 1.165) is 30.4 Å². The summed E-state index contributed by atoms with van der Waals surface area (Å²) in [4.78, 5) is 25.9. The Bertz CT molecular complexity index is 862. The van der Waals surface area contributed by atoms with Crippen molar-refractivity contribution >= 4 is 34.3 Å². The van der Waals surface area contributed by atoms with Gasteiger partial charge in [-0.1, -0.05) is 38.1 Å². The van der Waals surface area contributed by atoms with Crippen molar-refractivity contribution < 1.29 is 14.3 Å². The Balaban J connectivity index is 1.73. The number of nitrogens with one attached hydrogen (secondary N) is 1. The molecular formula is C22H25NO3S. The van der Waals surface area contributed by atoms with Crippen LogP contribution in [0.25, 0.3) is 6.08 Å². The maximum Gasteiger partial charge on any atom is 0.341 e. The smallest absolute Gasteiger partial charge is 0.341 e. The highest BCUT2D eigenvalue weighted by Gasteiger charge is 2.27. The van der Waals surface area contributed by atoms with E-state index in [0.29, 0.717) is 23.1 Å². The van der Waals surface area contributed by atoms with Crippen LogP contribution in [-0.2, 0) is 22.4 Å². The quantitative estimate of drug-likeness (QED) is 0.552. The van der Waals surface area contributed by atoms with Crippen molar-refractivity contribution in [3.63, 3.8) is 0 Å². The van der Waals surface area contributed by atoms with Crippen LogP contribution in [0.2, 0.25) is 0 Å². The molecule has 2 aromatic rings. The van der Waals surface area contributed by atoms with E-state index in [1.54, 1.807) is 13.0 Å². The van der Waals surface area contributed by atoms with Crippen LogP contribution in [0.5, 0.6) is 0 Å².